The van der Waals surface area contributed by atoms with E-state index in [9.17, 15) is 14.4 Å². The first-order valence-corrected chi connectivity index (χ1v) is 9.46. The average molecular weight is 392 g/mol. The van der Waals surface area contributed by atoms with Crippen LogP contribution >= 0.6 is 11.8 Å². The van der Waals surface area contributed by atoms with E-state index < -0.39 is 10.9 Å². The van der Waals surface area contributed by atoms with Gasteiger partial charge in [-0.05, 0) is 31.9 Å². The molecule has 0 bridgehead atoms. The Hall–Kier alpha value is -2.39. The van der Waals surface area contributed by atoms with Crippen LogP contribution in [0.25, 0.3) is 0 Å². The molecule has 1 aromatic heterocycles. The van der Waals surface area contributed by atoms with Crippen molar-refractivity contribution in [1.29, 1.82) is 0 Å². The summed E-state index contributed by atoms with van der Waals surface area (Å²) >= 11 is 1.23. The van der Waals surface area contributed by atoms with Crippen LogP contribution in [0.5, 0.6) is 0 Å². The number of thioether (sulfide) groups is 1. The highest BCUT2D eigenvalue weighted by atomic mass is 32.2. The number of amides is 2. The first kappa shape index (κ1) is 20.9. The number of methoxy groups -OCH3 is 1. The Morgan fingerprint density at radius 2 is 2.22 bits per heavy atom. The second-order valence-corrected chi connectivity index (χ2v) is 7.40. The lowest BCUT2D eigenvalue weighted by molar-refractivity contribution is -0.121. The van der Waals surface area contributed by atoms with Gasteiger partial charge < -0.3 is 20.4 Å². The number of aryl methyl sites for hydroxylation is 1. The average Bonchev–Trinajstić information content (AvgIpc) is 3.02. The van der Waals surface area contributed by atoms with E-state index in [1.54, 1.807) is 0 Å². The molecule has 0 unspecified atom stereocenters. The second-order valence-electron chi connectivity index (χ2n) is 6.18. The summed E-state index contributed by atoms with van der Waals surface area (Å²) in [6.45, 7) is 3.87. The third-order valence-electron chi connectivity index (χ3n) is 3.81. The maximum atomic E-state index is 12.6. The van der Waals surface area contributed by atoms with E-state index in [1.807, 2.05) is 32.1 Å². The quantitative estimate of drug-likeness (QED) is 0.450. The fraction of sp³-hybridized carbons (Fsp3) is 0.444. The lowest BCUT2D eigenvalue weighted by Crippen LogP contribution is -2.40. The molecule has 1 aliphatic heterocycles. The molecule has 1 aliphatic rings. The zero-order valence-electron chi connectivity index (χ0n) is 15.6. The standard InChI is InChI=1S/C18H24N4O4S/c1-11-9-19-18(25)22-17(11)27-14(10-26-3)16(24)20-12(2)5-4-6-13-7-8-15(23)21-13/h4-6,9,12,14H,7-8,10H2,1-3H3,(H,20,24)(H,21,23)(H,19,22,25)/b5-4+,13-6+/t12-,14-/m0/s1. The molecule has 9 heteroatoms. The van der Waals surface area contributed by atoms with Crippen molar-refractivity contribution in [2.75, 3.05) is 13.7 Å². The van der Waals surface area contributed by atoms with E-state index in [2.05, 4.69) is 20.6 Å². The maximum Gasteiger partial charge on any atom is 0.345 e. The Morgan fingerprint density at radius 3 is 2.89 bits per heavy atom. The third kappa shape index (κ3) is 6.69. The summed E-state index contributed by atoms with van der Waals surface area (Å²) in [4.78, 5) is 41.5. The maximum absolute atomic E-state index is 12.6. The van der Waals surface area contributed by atoms with Crippen molar-refractivity contribution in [3.8, 4) is 0 Å². The number of allylic oxidation sites excluding steroid dienone is 3. The molecule has 2 amide bonds. The summed E-state index contributed by atoms with van der Waals surface area (Å²) in [5, 5.41) is 5.75. The van der Waals surface area contributed by atoms with Gasteiger partial charge in [0.2, 0.25) is 11.8 Å². The highest BCUT2D eigenvalue weighted by Gasteiger charge is 2.22. The van der Waals surface area contributed by atoms with Gasteiger partial charge in [0.05, 0.1) is 11.6 Å². The molecule has 2 rings (SSSR count). The summed E-state index contributed by atoms with van der Waals surface area (Å²) in [5.41, 5.74) is 1.20. The number of carbonyl (C=O) groups excluding carboxylic acids is 2. The first-order valence-electron chi connectivity index (χ1n) is 8.58. The van der Waals surface area contributed by atoms with Crippen LogP contribution in [0.15, 0.2) is 39.9 Å². The number of hydrogen-bond acceptors (Lipinski definition) is 6. The number of aromatic nitrogens is 2. The normalized spacial score (nSPS) is 17.9. The third-order valence-corrected chi connectivity index (χ3v) is 5.11. The van der Waals surface area contributed by atoms with Crippen molar-refractivity contribution in [3.63, 3.8) is 0 Å². The predicted octanol–water partition coefficient (Wildman–Crippen LogP) is 1.04. The Labute approximate surface area is 161 Å². The zero-order chi connectivity index (χ0) is 19.8. The van der Waals surface area contributed by atoms with Crippen molar-refractivity contribution >= 4 is 23.6 Å². The molecule has 1 saturated heterocycles. The van der Waals surface area contributed by atoms with Gasteiger partial charge in [-0.15, -0.1) is 0 Å². The minimum atomic E-state index is -0.518. The van der Waals surface area contributed by atoms with Crippen LogP contribution in [-0.4, -0.2) is 46.8 Å². The molecule has 1 fully saturated rings. The summed E-state index contributed by atoms with van der Waals surface area (Å²) in [6, 6.07) is -0.205. The van der Waals surface area contributed by atoms with E-state index in [-0.39, 0.29) is 24.5 Å². The van der Waals surface area contributed by atoms with Gasteiger partial charge in [0, 0.05) is 31.5 Å². The second kappa shape index (κ2) is 10.1. The molecule has 3 N–H and O–H groups in total. The smallest absolute Gasteiger partial charge is 0.345 e. The SMILES string of the molecule is COC[C@H](Sc1[nH]c(=O)ncc1C)C(=O)N[C@@H](C)/C=C/C=C1\CCC(=O)N1. The fourth-order valence-corrected chi connectivity index (χ4v) is 3.45. The van der Waals surface area contributed by atoms with Crippen LogP contribution in [0.4, 0.5) is 0 Å². The van der Waals surface area contributed by atoms with Crippen LogP contribution in [-0.2, 0) is 14.3 Å². The van der Waals surface area contributed by atoms with Gasteiger partial charge in [0.1, 0.15) is 5.25 Å². The van der Waals surface area contributed by atoms with Gasteiger partial charge in [-0.2, -0.15) is 0 Å². The van der Waals surface area contributed by atoms with Crippen molar-refractivity contribution in [2.45, 2.75) is 43.0 Å². The number of ether oxygens (including phenoxy) is 1. The van der Waals surface area contributed by atoms with Crippen LogP contribution < -0.4 is 16.3 Å². The number of H-pyrrole nitrogens is 1. The Morgan fingerprint density at radius 1 is 1.44 bits per heavy atom. The highest BCUT2D eigenvalue weighted by Crippen LogP contribution is 2.23. The number of aromatic amines is 1. The van der Waals surface area contributed by atoms with Crippen molar-refractivity contribution < 1.29 is 14.3 Å². The lowest BCUT2D eigenvalue weighted by atomic mass is 10.2. The number of hydrogen-bond donors (Lipinski definition) is 3. The van der Waals surface area contributed by atoms with E-state index in [0.717, 1.165) is 11.3 Å². The van der Waals surface area contributed by atoms with Gasteiger partial charge in [0.25, 0.3) is 0 Å². The molecule has 8 nitrogen and oxygen atoms in total. The summed E-state index contributed by atoms with van der Waals surface area (Å²) in [5.74, 6) is -0.169. The van der Waals surface area contributed by atoms with Crippen LogP contribution in [0, 0.1) is 6.92 Å². The Bertz CT molecular complexity index is 803. The topological polar surface area (TPSA) is 113 Å². The molecular formula is C18H24N4O4S. The molecule has 0 spiro atoms. The van der Waals surface area contributed by atoms with Gasteiger partial charge in [-0.3, -0.25) is 9.59 Å². The number of nitrogens with one attached hydrogen (secondary N) is 3. The minimum absolute atomic E-state index is 0.0277. The van der Waals surface area contributed by atoms with Crippen molar-refractivity contribution in [2.24, 2.45) is 0 Å². The van der Waals surface area contributed by atoms with E-state index in [0.29, 0.717) is 17.9 Å². The number of carbonyl (C=O) groups is 2. The zero-order valence-corrected chi connectivity index (χ0v) is 16.4. The first-order chi connectivity index (χ1) is 12.9. The molecule has 0 saturated carbocycles. The summed E-state index contributed by atoms with van der Waals surface area (Å²) < 4.78 is 5.15. The Kier molecular flexibility index (Phi) is 7.81. The van der Waals surface area contributed by atoms with Gasteiger partial charge in [-0.25, -0.2) is 9.78 Å². The lowest BCUT2D eigenvalue weighted by Gasteiger charge is -2.18. The van der Waals surface area contributed by atoms with E-state index in [4.69, 9.17) is 4.74 Å². The highest BCUT2D eigenvalue weighted by molar-refractivity contribution is 8.00. The largest absolute Gasteiger partial charge is 0.383 e. The molecule has 0 aromatic carbocycles. The van der Waals surface area contributed by atoms with Crippen LogP contribution in [0.1, 0.15) is 25.3 Å². The van der Waals surface area contributed by atoms with Gasteiger partial charge in [-0.1, -0.05) is 23.9 Å². The van der Waals surface area contributed by atoms with Crippen LogP contribution in [0.3, 0.4) is 0 Å². The van der Waals surface area contributed by atoms with Gasteiger partial charge in [0.15, 0.2) is 0 Å². The Balaban J connectivity index is 1.96. The molecule has 27 heavy (non-hydrogen) atoms. The van der Waals surface area contributed by atoms with E-state index in [1.165, 1.54) is 25.1 Å². The monoisotopic (exact) mass is 392 g/mol. The predicted molar refractivity (Wildman–Crippen MR) is 103 cm³/mol. The fourth-order valence-electron chi connectivity index (χ4n) is 2.40. The molecule has 2 atom stereocenters. The summed E-state index contributed by atoms with van der Waals surface area (Å²) in [7, 11) is 1.52. The molecular weight excluding hydrogens is 368 g/mol. The number of rotatable bonds is 8. The molecule has 1 aromatic rings. The van der Waals surface area contributed by atoms with Crippen molar-refractivity contribution in [3.05, 3.63) is 46.2 Å². The van der Waals surface area contributed by atoms with Crippen LogP contribution in [0.2, 0.25) is 0 Å². The number of nitrogens with zero attached hydrogens (tertiary/aromatic N) is 1. The minimum Gasteiger partial charge on any atom is -0.383 e. The molecule has 146 valence electrons. The van der Waals surface area contributed by atoms with Crippen molar-refractivity contribution in [1.82, 2.24) is 20.6 Å². The molecule has 2 heterocycles. The summed E-state index contributed by atoms with van der Waals surface area (Å²) in [6.07, 6.45) is 8.18. The molecule has 0 aliphatic carbocycles. The van der Waals surface area contributed by atoms with E-state index >= 15 is 0 Å². The van der Waals surface area contributed by atoms with Gasteiger partial charge >= 0.3 is 5.69 Å². The molecule has 0 radical (unpaired) electrons.